The van der Waals surface area contributed by atoms with Crippen LogP contribution in [0.1, 0.15) is 6.42 Å². The average Bonchev–Trinajstić information content (AvgIpc) is 2.70. The molecule has 18 heavy (non-hydrogen) atoms. The van der Waals surface area contributed by atoms with E-state index in [1.54, 1.807) is 10.7 Å². The lowest BCUT2D eigenvalue weighted by molar-refractivity contribution is 0.194. The topological polar surface area (TPSA) is 91.5 Å². The molecule has 0 unspecified atom stereocenters. The van der Waals surface area contributed by atoms with Crippen molar-refractivity contribution in [3.05, 3.63) is 22.9 Å². The Balaban J connectivity index is 1.87. The monoisotopic (exact) mass is 313 g/mol. The van der Waals surface area contributed by atoms with E-state index in [4.69, 9.17) is 5.11 Å². The summed E-state index contributed by atoms with van der Waals surface area (Å²) in [5, 5.41) is 18.1. The lowest BCUT2D eigenvalue weighted by Gasteiger charge is -2.05. The quantitative estimate of drug-likeness (QED) is 0.729. The number of nitrogens with one attached hydrogen (secondary N) is 2. The number of amides is 1. The van der Waals surface area contributed by atoms with Gasteiger partial charge in [-0.3, -0.25) is 0 Å². The van der Waals surface area contributed by atoms with Crippen molar-refractivity contribution in [2.75, 3.05) is 18.4 Å². The Morgan fingerprint density at radius 3 is 3.06 bits per heavy atom. The van der Waals surface area contributed by atoms with Gasteiger partial charge in [0.05, 0.1) is 6.20 Å². The van der Waals surface area contributed by atoms with Gasteiger partial charge in [0.15, 0.2) is 5.65 Å². The Labute approximate surface area is 111 Å². The average molecular weight is 314 g/mol. The van der Waals surface area contributed by atoms with Gasteiger partial charge in [0, 0.05) is 13.1 Å². The highest BCUT2D eigenvalue weighted by Gasteiger charge is 2.02. The smallest absolute Gasteiger partial charge is 0.404 e. The van der Waals surface area contributed by atoms with Crippen molar-refractivity contribution < 1.29 is 9.90 Å². The molecular weight excluding hydrogens is 302 g/mol. The zero-order chi connectivity index (χ0) is 13.0. The van der Waals surface area contributed by atoms with E-state index in [0.717, 1.165) is 16.1 Å². The zero-order valence-electron chi connectivity index (χ0n) is 9.43. The van der Waals surface area contributed by atoms with Crippen LogP contribution in [0.15, 0.2) is 22.9 Å². The van der Waals surface area contributed by atoms with Crippen molar-refractivity contribution in [2.24, 2.45) is 0 Å². The Hall–Kier alpha value is -1.83. The van der Waals surface area contributed by atoms with E-state index in [0.29, 0.717) is 19.5 Å². The van der Waals surface area contributed by atoms with Crippen molar-refractivity contribution in [3.63, 3.8) is 0 Å². The summed E-state index contributed by atoms with van der Waals surface area (Å²) in [6, 6.07) is 3.69. The van der Waals surface area contributed by atoms with E-state index in [1.807, 2.05) is 12.1 Å². The van der Waals surface area contributed by atoms with E-state index >= 15 is 0 Å². The van der Waals surface area contributed by atoms with Gasteiger partial charge in [-0.25, -0.2) is 14.3 Å². The highest BCUT2D eigenvalue weighted by atomic mass is 79.9. The van der Waals surface area contributed by atoms with Crippen LogP contribution >= 0.6 is 15.9 Å². The lowest BCUT2D eigenvalue weighted by Crippen LogP contribution is -2.23. The summed E-state index contributed by atoms with van der Waals surface area (Å²) >= 11 is 3.34. The second kappa shape index (κ2) is 5.67. The fraction of sp³-hybridized carbons (Fsp3) is 0.300. The molecule has 0 fully saturated rings. The van der Waals surface area contributed by atoms with E-state index in [9.17, 15) is 4.79 Å². The summed E-state index contributed by atoms with van der Waals surface area (Å²) in [7, 11) is 0. The molecule has 0 aliphatic heterocycles. The molecule has 2 rings (SSSR count). The van der Waals surface area contributed by atoms with Crippen LogP contribution in [-0.4, -0.2) is 38.9 Å². The summed E-state index contributed by atoms with van der Waals surface area (Å²) in [5.41, 5.74) is 0.764. The summed E-state index contributed by atoms with van der Waals surface area (Å²) < 4.78 is 2.46. The maximum absolute atomic E-state index is 10.2. The first kappa shape index (κ1) is 12.6. The molecule has 1 amide bonds. The van der Waals surface area contributed by atoms with Gasteiger partial charge in [-0.2, -0.15) is 0 Å². The Morgan fingerprint density at radius 1 is 1.44 bits per heavy atom. The number of aromatic nitrogens is 3. The van der Waals surface area contributed by atoms with Gasteiger partial charge in [0.25, 0.3) is 0 Å². The molecule has 3 N–H and O–H groups in total. The molecule has 0 radical (unpaired) electrons. The molecule has 0 aromatic carbocycles. The molecule has 2 aromatic rings. The number of anilines is 1. The van der Waals surface area contributed by atoms with Gasteiger partial charge >= 0.3 is 6.09 Å². The van der Waals surface area contributed by atoms with Crippen LogP contribution in [0.2, 0.25) is 0 Å². The molecule has 2 heterocycles. The van der Waals surface area contributed by atoms with Gasteiger partial charge in [-0.05, 0) is 34.5 Å². The van der Waals surface area contributed by atoms with Crippen LogP contribution < -0.4 is 10.6 Å². The van der Waals surface area contributed by atoms with Crippen LogP contribution in [0, 0.1) is 0 Å². The van der Waals surface area contributed by atoms with Crippen molar-refractivity contribution in [1.29, 1.82) is 0 Å². The van der Waals surface area contributed by atoms with Crippen LogP contribution in [0.5, 0.6) is 0 Å². The highest BCUT2D eigenvalue weighted by Crippen LogP contribution is 2.13. The predicted molar refractivity (Wildman–Crippen MR) is 69.8 cm³/mol. The number of halogens is 1. The largest absolute Gasteiger partial charge is 0.465 e. The molecule has 0 bridgehead atoms. The molecule has 0 aliphatic rings. The number of rotatable bonds is 5. The number of carboxylic acid groups (broad SMARTS) is 1. The Kier molecular flexibility index (Phi) is 3.98. The van der Waals surface area contributed by atoms with Crippen molar-refractivity contribution in [1.82, 2.24) is 19.9 Å². The second-order valence-electron chi connectivity index (χ2n) is 3.58. The van der Waals surface area contributed by atoms with Crippen LogP contribution in [0.4, 0.5) is 10.6 Å². The fourth-order valence-corrected chi connectivity index (χ4v) is 1.80. The minimum atomic E-state index is -1.00. The Bertz CT molecular complexity index is 556. The normalized spacial score (nSPS) is 10.5. The number of nitrogens with zero attached hydrogens (tertiary/aromatic N) is 3. The maximum atomic E-state index is 10.2. The molecule has 0 spiro atoms. The molecule has 0 saturated heterocycles. The third-order valence-electron chi connectivity index (χ3n) is 2.26. The van der Waals surface area contributed by atoms with E-state index in [2.05, 4.69) is 36.6 Å². The standard InChI is InChI=1S/C10H12BrN5O2/c11-7-6-14-9-3-2-8(15-16(7)9)12-4-1-5-13-10(17)18/h2-3,6,13H,1,4-5H2,(H,12,15)(H,17,18). The fourth-order valence-electron chi connectivity index (χ4n) is 1.44. The predicted octanol–water partition coefficient (Wildman–Crippen LogP) is 1.56. The molecule has 0 aliphatic carbocycles. The molecule has 0 atom stereocenters. The molecule has 96 valence electrons. The van der Waals surface area contributed by atoms with Crippen LogP contribution in [0.25, 0.3) is 5.65 Å². The number of fused-ring (bicyclic) bond motifs is 1. The summed E-state index contributed by atoms with van der Waals surface area (Å²) in [6.07, 6.45) is 1.37. The van der Waals surface area contributed by atoms with Gasteiger partial charge in [-0.1, -0.05) is 0 Å². The highest BCUT2D eigenvalue weighted by molar-refractivity contribution is 9.10. The van der Waals surface area contributed by atoms with E-state index in [1.165, 1.54) is 0 Å². The van der Waals surface area contributed by atoms with Crippen molar-refractivity contribution >= 4 is 33.5 Å². The third-order valence-corrected chi connectivity index (χ3v) is 2.80. The molecule has 0 saturated carbocycles. The second-order valence-corrected chi connectivity index (χ2v) is 4.39. The lowest BCUT2D eigenvalue weighted by atomic mass is 10.4. The first-order valence-corrected chi connectivity index (χ1v) is 6.17. The first-order valence-electron chi connectivity index (χ1n) is 5.38. The van der Waals surface area contributed by atoms with Crippen molar-refractivity contribution in [3.8, 4) is 0 Å². The molecule has 2 aromatic heterocycles. The minimum absolute atomic E-state index is 0.416. The van der Waals surface area contributed by atoms with E-state index < -0.39 is 6.09 Å². The van der Waals surface area contributed by atoms with Crippen LogP contribution in [0.3, 0.4) is 0 Å². The van der Waals surface area contributed by atoms with Gasteiger partial charge < -0.3 is 15.7 Å². The minimum Gasteiger partial charge on any atom is -0.465 e. The van der Waals surface area contributed by atoms with Gasteiger partial charge in [0.1, 0.15) is 10.4 Å². The molecular formula is C10H12BrN5O2. The summed E-state index contributed by atoms with van der Waals surface area (Å²) in [5.74, 6) is 0.719. The number of hydrogen-bond donors (Lipinski definition) is 3. The first-order chi connectivity index (χ1) is 8.66. The number of hydrogen-bond acceptors (Lipinski definition) is 4. The zero-order valence-corrected chi connectivity index (χ0v) is 11.0. The van der Waals surface area contributed by atoms with Gasteiger partial charge in [0.2, 0.25) is 0 Å². The molecule has 7 nitrogen and oxygen atoms in total. The molecule has 8 heteroatoms. The van der Waals surface area contributed by atoms with Crippen molar-refractivity contribution in [2.45, 2.75) is 6.42 Å². The van der Waals surface area contributed by atoms with E-state index in [-0.39, 0.29) is 0 Å². The third kappa shape index (κ3) is 3.10. The SMILES string of the molecule is O=C(O)NCCCNc1ccc2ncc(Br)n2n1. The van der Waals surface area contributed by atoms with Gasteiger partial charge in [-0.15, -0.1) is 5.10 Å². The summed E-state index contributed by atoms with van der Waals surface area (Å²) in [6.45, 7) is 1.06. The summed E-state index contributed by atoms with van der Waals surface area (Å²) in [4.78, 5) is 14.4. The number of carbonyl (C=O) groups is 1. The maximum Gasteiger partial charge on any atom is 0.404 e. The Morgan fingerprint density at radius 2 is 2.28 bits per heavy atom. The number of imidazole rings is 1. The van der Waals surface area contributed by atoms with Crippen LogP contribution in [-0.2, 0) is 0 Å².